The normalized spacial score (nSPS) is 19.5. The highest BCUT2D eigenvalue weighted by molar-refractivity contribution is 8.21. The lowest BCUT2D eigenvalue weighted by Crippen LogP contribution is -2.23. The Kier molecular flexibility index (Phi) is 3.78. The van der Waals surface area contributed by atoms with Gasteiger partial charge in [-0.15, -0.1) is 0 Å². The monoisotopic (exact) mass is 244 g/mol. The summed E-state index contributed by atoms with van der Waals surface area (Å²) in [6, 6.07) is 5.99. The summed E-state index contributed by atoms with van der Waals surface area (Å²) in [5.74, 6) is 0.939. The van der Waals surface area contributed by atoms with Gasteiger partial charge in [0.1, 0.15) is 11.9 Å². The van der Waals surface area contributed by atoms with Crippen LogP contribution in [0.4, 0.5) is 0 Å². The van der Waals surface area contributed by atoms with E-state index in [0.29, 0.717) is 6.42 Å². The quantitative estimate of drug-likeness (QED) is 0.887. The fraction of sp³-hybridized carbons (Fsp3) is 0.455. The van der Waals surface area contributed by atoms with Crippen molar-refractivity contribution in [2.75, 3.05) is 6.61 Å². The molecule has 0 aromatic heterocycles. The second-order valence-electron chi connectivity index (χ2n) is 3.64. The highest BCUT2D eigenvalue weighted by Crippen LogP contribution is 2.33. The third-order valence-corrected chi connectivity index (χ3v) is 3.57. The predicted molar refractivity (Wildman–Crippen MR) is 62.6 cm³/mol. The smallest absolute Gasteiger partial charge is 0.122 e. The van der Waals surface area contributed by atoms with Crippen molar-refractivity contribution in [2.45, 2.75) is 30.3 Å². The van der Waals surface area contributed by atoms with Gasteiger partial charge in [-0.2, -0.15) is 0 Å². The first-order chi connectivity index (χ1) is 7.33. The summed E-state index contributed by atoms with van der Waals surface area (Å²) >= 11 is 0. The lowest BCUT2D eigenvalue weighted by atomic mass is 10.0. The van der Waals surface area contributed by atoms with E-state index in [-0.39, 0.29) is 12.7 Å². The number of aryl methyl sites for hydroxylation is 1. The molecule has 15 heavy (non-hydrogen) atoms. The molecule has 1 aromatic carbocycles. The molecule has 1 atom stereocenters. The zero-order chi connectivity index (χ0) is 10.7. The third-order valence-electron chi connectivity index (χ3n) is 2.60. The van der Waals surface area contributed by atoms with E-state index in [1.54, 1.807) is 0 Å². The molecular formula is C11H13ClO2S. The standard InChI is InChI=1S/C11H13ClO2S/c12-15-10-3-4-11-8(7-10)1-2-9(14-11)5-6-13/h3-4,7,9,13H,1-2,5-6H2. The summed E-state index contributed by atoms with van der Waals surface area (Å²) in [6.07, 6.45) is 2.86. The topological polar surface area (TPSA) is 29.5 Å². The maximum atomic E-state index is 8.85. The number of hydrogen-bond donors (Lipinski definition) is 1. The van der Waals surface area contributed by atoms with E-state index >= 15 is 0 Å². The molecule has 0 spiro atoms. The van der Waals surface area contributed by atoms with Gasteiger partial charge in [0.2, 0.25) is 0 Å². The van der Waals surface area contributed by atoms with Crippen molar-refractivity contribution in [3.63, 3.8) is 0 Å². The minimum absolute atomic E-state index is 0.164. The number of ether oxygens (including phenoxy) is 1. The Bertz CT molecular complexity index is 343. The summed E-state index contributed by atoms with van der Waals surface area (Å²) in [7, 11) is 6.92. The molecule has 2 rings (SSSR count). The van der Waals surface area contributed by atoms with Crippen LogP contribution < -0.4 is 4.74 Å². The van der Waals surface area contributed by atoms with Gasteiger partial charge in [-0.25, -0.2) is 0 Å². The Morgan fingerprint density at radius 1 is 1.53 bits per heavy atom. The zero-order valence-electron chi connectivity index (χ0n) is 8.28. The molecule has 0 fully saturated rings. The van der Waals surface area contributed by atoms with Crippen molar-refractivity contribution < 1.29 is 9.84 Å². The Hall–Kier alpha value is -0.380. The molecule has 1 aliphatic heterocycles. The molecule has 0 bridgehead atoms. The lowest BCUT2D eigenvalue weighted by Gasteiger charge is -2.25. The highest BCUT2D eigenvalue weighted by Gasteiger charge is 2.19. The van der Waals surface area contributed by atoms with Gasteiger partial charge >= 0.3 is 0 Å². The van der Waals surface area contributed by atoms with Crippen LogP contribution in [0.15, 0.2) is 23.1 Å². The van der Waals surface area contributed by atoms with Gasteiger partial charge < -0.3 is 9.84 Å². The summed E-state index contributed by atoms with van der Waals surface area (Å²) in [5, 5.41) is 8.85. The van der Waals surface area contributed by atoms with Crippen molar-refractivity contribution in [1.82, 2.24) is 0 Å². The Morgan fingerprint density at radius 2 is 2.40 bits per heavy atom. The molecule has 0 aliphatic carbocycles. The largest absolute Gasteiger partial charge is 0.490 e. The van der Waals surface area contributed by atoms with E-state index in [0.717, 1.165) is 23.5 Å². The molecule has 1 heterocycles. The van der Waals surface area contributed by atoms with Crippen molar-refractivity contribution in [3.8, 4) is 5.75 Å². The molecule has 0 radical (unpaired) electrons. The van der Waals surface area contributed by atoms with E-state index in [1.165, 1.54) is 16.5 Å². The molecule has 1 N–H and O–H groups in total. The van der Waals surface area contributed by atoms with Crippen molar-refractivity contribution in [1.29, 1.82) is 0 Å². The molecule has 1 aromatic rings. The average molecular weight is 245 g/mol. The highest BCUT2D eigenvalue weighted by atomic mass is 35.7. The summed E-state index contributed by atoms with van der Waals surface area (Å²) in [4.78, 5) is 1.06. The van der Waals surface area contributed by atoms with Gasteiger partial charge in [-0.1, -0.05) is 0 Å². The third kappa shape index (κ3) is 2.60. The number of aliphatic hydroxyl groups excluding tert-OH is 1. The van der Waals surface area contributed by atoms with E-state index < -0.39 is 0 Å². The number of hydrogen-bond acceptors (Lipinski definition) is 3. The summed E-state index contributed by atoms with van der Waals surface area (Å²) < 4.78 is 5.76. The van der Waals surface area contributed by atoms with Crippen LogP contribution in [0.3, 0.4) is 0 Å². The molecule has 0 amide bonds. The van der Waals surface area contributed by atoms with Crippen molar-refractivity contribution >= 4 is 21.7 Å². The SMILES string of the molecule is OCCC1CCc2cc(SCl)ccc2O1. The number of aliphatic hydroxyl groups is 1. The molecule has 1 unspecified atom stereocenters. The zero-order valence-corrected chi connectivity index (χ0v) is 9.85. The fourth-order valence-electron chi connectivity index (χ4n) is 1.82. The molecule has 4 heteroatoms. The van der Waals surface area contributed by atoms with Crippen LogP contribution in [0, 0.1) is 0 Å². The van der Waals surface area contributed by atoms with Gasteiger partial charge in [0.25, 0.3) is 0 Å². The Balaban J connectivity index is 2.13. The molecule has 1 aliphatic rings. The first kappa shape index (κ1) is 11.1. The summed E-state index contributed by atoms with van der Waals surface area (Å²) in [5.41, 5.74) is 1.22. The van der Waals surface area contributed by atoms with Crippen molar-refractivity contribution in [3.05, 3.63) is 23.8 Å². The van der Waals surface area contributed by atoms with Crippen LogP contribution in [-0.2, 0) is 6.42 Å². The van der Waals surface area contributed by atoms with Crippen LogP contribution in [0.5, 0.6) is 5.75 Å². The van der Waals surface area contributed by atoms with Crippen LogP contribution in [0.25, 0.3) is 0 Å². The Morgan fingerprint density at radius 3 is 3.13 bits per heavy atom. The maximum Gasteiger partial charge on any atom is 0.122 e. The van der Waals surface area contributed by atoms with Gasteiger partial charge in [0.05, 0.1) is 0 Å². The molecular weight excluding hydrogens is 232 g/mol. The van der Waals surface area contributed by atoms with Crippen LogP contribution in [0.2, 0.25) is 0 Å². The molecule has 0 saturated carbocycles. The van der Waals surface area contributed by atoms with E-state index in [4.69, 9.17) is 20.5 Å². The predicted octanol–water partition coefficient (Wildman–Crippen LogP) is 3.01. The molecule has 2 nitrogen and oxygen atoms in total. The average Bonchev–Trinajstić information content (AvgIpc) is 2.29. The first-order valence-corrected chi connectivity index (χ1v) is 6.67. The van der Waals surface area contributed by atoms with Crippen LogP contribution in [0.1, 0.15) is 18.4 Å². The molecule has 82 valence electrons. The van der Waals surface area contributed by atoms with Crippen LogP contribution >= 0.6 is 21.7 Å². The Labute approximate surface area is 98.1 Å². The van der Waals surface area contributed by atoms with E-state index in [2.05, 4.69) is 6.07 Å². The fourth-order valence-corrected chi connectivity index (χ4v) is 2.41. The second kappa shape index (κ2) is 5.10. The van der Waals surface area contributed by atoms with E-state index in [9.17, 15) is 0 Å². The van der Waals surface area contributed by atoms with Crippen LogP contribution in [-0.4, -0.2) is 17.8 Å². The lowest BCUT2D eigenvalue weighted by molar-refractivity contribution is 0.134. The minimum atomic E-state index is 0.164. The van der Waals surface area contributed by atoms with Gasteiger partial charge in [-0.3, -0.25) is 0 Å². The molecule has 0 saturated heterocycles. The van der Waals surface area contributed by atoms with Gasteiger partial charge in [-0.05, 0) is 58.3 Å². The number of halogens is 1. The van der Waals surface area contributed by atoms with Gasteiger partial charge in [0.15, 0.2) is 0 Å². The second-order valence-corrected chi connectivity index (χ2v) is 4.73. The van der Waals surface area contributed by atoms with E-state index in [1.807, 2.05) is 12.1 Å². The first-order valence-electron chi connectivity index (χ1n) is 5.02. The van der Waals surface area contributed by atoms with Gasteiger partial charge in [0, 0.05) is 17.9 Å². The number of rotatable bonds is 3. The number of fused-ring (bicyclic) bond motifs is 1. The van der Waals surface area contributed by atoms with Crippen molar-refractivity contribution in [2.24, 2.45) is 0 Å². The summed E-state index contributed by atoms with van der Waals surface area (Å²) in [6.45, 7) is 0.190. The number of benzene rings is 1. The minimum Gasteiger partial charge on any atom is -0.490 e. The maximum absolute atomic E-state index is 8.85.